The van der Waals surface area contributed by atoms with Crippen LogP contribution in [0, 0.1) is 0 Å². The molecule has 0 radical (unpaired) electrons. The van der Waals surface area contributed by atoms with Crippen LogP contribution < -0.4 is 10.7 Å². The molecule has 3 heterocycles. The minimum Gasteiger partial charge on any atom is -0.478 e. The fraction of sp³-hybridized carbons (Fsp3) is 0.500. The average molecular weight is 510 g/mol. The third kappa shape index (κ3) is 6.28. The minimum absolute atomic E-state index is 0.0544. The number of para-hydroxylation sites is 1. The van der Waals surface area contributed by atoms with Gasteiger partial charge in [-0.25, -0.2) is 9.59 Å². The molecule has 3 fully saturated rings. The molecule has 3 atom stereocenters. The number of piperidine rings is 1. The van der Waals surface area contributed by atoms with E-state index in [2.05, 4.69) is 21.8 Å². The van der Waals surface area contributed by atoms with Crippen LogP contribution in [0.2, 0.25) is 0 Å². The molecular weight excluding hydrogens is 474 g/mol. The predicted molar refractivity (Wildman–Crippen MR) is 140 cm³/mol. The number of hydrogen-bond acceptors (Lipinski definition) is 5. The number of benzene rings is 1. The van der Waals surface area contributed by atoms with Crippen LogP contribution in [-0.2, 0) is 9.59 Å². The van der Waals surface area contributed by atoms with E-state index in [1.165, 1.54) is 32.1 Å². The molecule has 2 saturated heterocycles. The molecule has 0 spiro atoms. The van der Waals surface area contributed by atoms with Gasteiger partial charge in [-0.1, -0.05) is 31.4 Å². The van der Waals surface area contributed by atoms with Crippen molar-refractivity contribution in [3.8, 4) is 0 Å². The molecule has 2 bridgehead atoms. The quantitative estimate of drug-likeness (QED) is 0.526. The molecule has 2 aromatic rings. The van der Waals surface area contributed by atoms with E-state index < -0.39 is 11.9 Å². The Morgan fingerprint density at radius 3 is 2.08 bits per heavy atom. The summed E-state index contributed by atoms with van der Waals surface area (Å²) >= 11 is 0. The van der Waals surface area contributed by atoms with Crippen molar-refractivity contribution in [2.45, 2.75) is 82.0 Å². The molecule has 3 N–H and O–H groups in total. The van der Waals surface area contributed by atoms with Crippen molar-refractivity contribution >= 4 is 28.7 Å². The molecule has 37 heavy (non-hydrogen) atoms. The van der Waals surface area contributed by atoms with Crippen molar-refractivity contribution in [1.29, 1.82) is 0 Å². The number of carboxylic acids is 2. The summed E-state index contributed by atoms with van der Waals surface area (Å²) in [6, 6.07) is 11.0. The zero-order valence-corrected chi connectivity index (χ0v) is 21.1. The van der Waals surface area contributed by atoms with Gasteiger partial charge in [0.15, 0.2) is 5.43 Å². The lowest BCUT2D eigenvalue weighted by atomic mass is 9.94. The van der Waals surface area contributed by atoms with Gasteiger partial charge in [0.25, 0.3) is 5.91 Å². The smallest absolute Gasteiger partial charge is 0.328 e. The lowest BCUT2D eigenvalue weighted by Crippen LogP contribution is -2.49. The minimum atomic E-state index is -1.26. The van der Waals surface area contributed by atoms with Crippen molar-refractivity contribution < 1.29 is 24.6 Å². The Kier molecular flexibility index (Phi) is 8.43. The highest BCUT2D eigenvalue weighted by Crippen LogP contribution is 2.35. The number of rotatable bonds is 5. The van der Waals surface area contributed by atoms with Crippen LogP contribution in [0.5, 0.6) is 0 Å². The molecule has 1 amide bonds. The van der Waals surface area contributed by atoms with Crippen molar-refractivity contribution in [1.82, 2.24) is 14.8 Å². The van der Waals surface area contributed by atoms with Crippen LogP contribution in [0.25, 0.3) is 10.9 Å². The first-order chi connectivity index (χ1) is 17.7. The van der Waals surface area contributed by atoms with Crippen LogP contribution in [0.1, 0.15) is 74.3 Å². The number of fused-ring (bicyclic) bond motifs is 3. The Labute approximate surface area is 215 Å². The molecule has 3 aliphatic rings. The predicted octanol–water partition coefficient (Wildman–Crippen LogP) is 3.57. The number of carbonyl (C=O) groups excluding carboxylic acids is 1. The van der Waals surface area contributed by atoms with Gasteiger partial charge in [-0.05, 0) is 57.7 Å². The first kappa shape index (κ1) is 26.6. The number of amides is 1. The molecule has 198 valence electrons. The maximum absolute atomic E-state index is 13.4. The lowest BCUT2D eigenvalue weighted by molar-refractivity contribution is -0.134. The third-order valence-electron chi connectivity index (χ3n) is 7.93. The second-order valence-corrected chi connectivity index (χ2v) is 10.3. The maximum Gasteiger partial charge on any atom is 0.328 e. The Morgan fingerprint density at radius 2 is 1.49 bits per heavy atom. The van der Waals surface area contributed by atoms with E-state index in [0.717, 1.165) is 31.2 Å². The van der Waals surface area contributed by atoms with Crippen LogP contribution >= 0.6 is 0 Å². The summed E-state index contributed by atoms with van der Waals surface area (Å²) in [6.45, 7) is 0. The summed E-state index contributed by atoms with van der Waals surface area (Å²) in [5.41, 5.74) is 1.40. The molecule has 1 aliphatic carbocycles. The number of nitrogens with zero attached hydrogens (tertiary/aromatic N) is 2. The zero-order chi connectivity index (χ0) is 26.5. The van der Waals surface area contributed by atoms with Crippen molar-refractivity contribution in [2.75, 3.05) is 7.05 Å². The molecular formula is C28H35N3O6. The van der Waals surface area contributed by atoms with Gasteiger partial charge in [-0.15, -0.1) is 0 Å². The average Bonchev–Trinajstić information content (AvgIpc) is 3.08. The highest BCUT2D eigenvalue weighted by atomic mass is 16.4. The van der Waals surface area contributed by atoms with Crippen molar-refractivity contribution in [2.24, 2.45) is 0 Å². The van der Waals surface area contributed by atoms with Gasteiger partial charge in [0.1, 0.15) is 5.69 Å². The van der Waals surface area contributed by atoms with E-state index in [1.807, 2.05) is 24.3 Å². The molecule has 5 rings (SSSR count). The Morgan fingerprint density at radius 1 is 0.892 bits per heavy atom. The Hall–Kier alpha value is -3.46. The first-order valence-electron chi connectivity index (χ1n) is 13.1. The van der Waals surface area contributed by atoms with Gasteiger partial charge >= 0.3 is 11.9 Å². The number of aromatic nitrogens is 1. The van der Waals surface area contributed by atoms with Crippen molar-refractivity contribution in [3.05, 3.63) is 58.4 Å². The van der Waals surface area contributed by atoms with E-state index in [0.29, 0.717) is 41.4 Å². The number of carbonyl (C=O) groups is 3. The Balaban J connectivity index is 0.000000349. The summed E-state index contributed by atoms with van der Waals surface area (Å²) in [7, 11) is 2.21. The van der Waals surface area contributed by atoms with Gasteiger partial charge in [0.2, 0.25) is 0 Å². The maximum atomic E-state index is 13.4. The first-order valence-corrected chi connectivity index (χ1v) is 13.1. The van der Waals surface area contributed by atoms with E-state index >= 15 is 0 Å². The molecule has 1 saturated carbocycles. The molecule has 2 aliphatic heterocycles. The van der Waals surface area contributed by atoms with Crippen LogP contribution in [0.15, 0.2) is 47.3 Å². The molecule has 1 unspecified atom stereocenters. The summed E-state index contributed by atoms with van der Waals surface area (Å²) < 4.78 is 2.18. The van der Waals surface area contributed by atoms with E-state index in [9.17, 15) is 19.2 Å². The monoisotopic (exact) mass is 509 g/mol. The third-order valence-corrected chi connectivity index (χ3v) is 7.93. The number of pyridine rings is 1. The number of carboxylic acid groups (broad SMARTS) is 2. The SMILES string of the molecule is CN1[C@@H]2CC[C@H]1CC(NC(=O)c1cc(=O)c3ccccc3n1C1CCCCC1)C2.O=C(O)/C=C\C(=O)O. The van der Waals surface area contributed by atoms with Gasteiger partial charge in [0.05, 0.1) is 5.52 Å². The highest BCUT2D eigenvalue weighted by Gasteiger charge is 2.39. The highest BCUT2D eigenvalue weighted by molar-refractivity contribution is 5.96. The normalized spacial score (nSPS) is 24.0. The molecule has 9 nitrogen and oxygen atoms in total. The molecule has 1 aromatic heterocycles. The van der Waals surface area contributed by atoms with Crippen LogP contribution in [-0.4, -0.2) is 62.7 Å². The van der Waals surface area contributed by atoms with E-state index in [1.54, 1.807) is 6.07 Å². The number of nitrogens with one attached hydrogen (secondary N) is 1. The Bertz CT molecular complexity index is 1220. The zero-order valence-electron chi connectivity index (χ0n) is 21.1. The molecule has 1 aromatic carbocycles. The summed E-state index contributed by atoms with van der Waals surface area (Å²) in [5.74, 6) is -2.59. The topological polar surface area (TPSA) is 129 Å². The summed E-state index contributed by atoms with van der Waals surface area (Å²) in [6.07, 6.45) is 11.4. The fourth-order valence-electron chi connectivity index (χ4n) is 6.13. The summed E-state index contributed by atoms with van der Waals surface area (Å²) in [5, 5.41) is 19.6. The van der Waals surface area contributed by atoms with Gasteiger partial charge in [0, 0.05) is 47.8 Å². The second kappa shape index (κ2) is 11.7. The van der Waals surface area contributed by atoms with Gasteiger partial charge in [-0.2, -0.15) is 0 Å². The van der Waals surface area contributed by atoms with Crippen LogP contribution in [0.3, 0.4) is 0 Å². The molecule has 9 heteroatoms. The largest absolute Gasteiger partial charge is 0.478 e. The number of aliphatic carboxylic acids is 2. The van der Waals surface area contributed by atoms with Crippen molar-refractivity contribution in [3.63, 3.8) is 0 Å². The van der Waals surface area contributed by atoms with Gasteiger partial charge in [-0.3, -0.25) is 9.59 Å². The van der Waals surface area contributed by atoms with E-state index in [4.69, 9.17) is 10.2 Å². The second-order valence-electron chi connectivity index (χ2n) is 10.3. The fourth-order valence-corrected chi connectivity index (χ4v) is 6.13. The summed E-state index contributed by atoms with van der Waals surface area (Å²) in [4.78, 5) is 47.8. The lowest BCUT2D eigenvalue weighted by Gasteiger charge is -2.37. The number of hydrogen-bond donors (Lipinski definition) is 3. The van der Waals surface area contributed by atoms with Crippen LogP contribution in [0.4, 0.5) is 0 Å². The standard InChI is InChI=1S/C24H31N3O2.C4H4O4/c1-26-18-11-12-19(26)14-16(13-18)25-24(29)22-15-23(28)20-9-5-6-10-21(20)27(22)17-7-3-2-4-8-17;5-3(6)1-2-4(7)8/h5-6,9-10,15-19H,2-4,7-8,11-14H2,1H3,(H,25,29);1-2H,(H,5,6)(H,7,8)/b;2-1-/t16?,18-,19+;. The van der Waals surface area contributed by atoms with Gasteiger partial charge < -0.3 is 25.0 Å². The van der Waals surface area contributed by atoms with E-state index in [-0.39, 0.29) is 17.4 Å².